The molecule has 1 aromatic carbocycles. The van der Waals surface area contributed by atoms with Gasteiger partial charge in [-0.25, -0.2) is 0 Å². The lowest BCUT2D eigenvalue weighted by Crippen LogP contribution is -2.40. The third-order valence-electron chi connectivity index (χ3n) is 4.23. The average Bonchev–Trinajstić information content (AvgIpc) is 2.48. The van der Waals surface area contributed by atoms with E-state index in [1.165, 1.54) is 11.1 Å². The topological polar surface area (TPSA) is 29.5 Å². The van der Waals surface area contributed by atoms with Gasteiger partial charge in [-0.1, -0.05) is 38.1 Å². The summed E-state index contributed by atoms with van der Waals surface area (Å²) in [7, 11) is 1.89. The van der Waals surface area contributed by atoms with Crippen molar-refractivity contribution in [2.45, 2.75) is 45.8 Å². The Morgan fingerprint density at radius 1 is 1.30 bits per heavy atom. The molecule has 0 bridgehead atoms. The number of fused-ring (bicyclic) bond motifs is 1. The number of amides is 1. The highest BCUT2D eigenvalue weighted by Gasteiger charge is 2.24. The molecule has 1 amide bonds. The molecule has 0 saturated carbocycles. The second-order valence-electron chi connectivity index (χ2n) is 5.64. The largest absolute Gasteiger partial charge is 0.371 e. The number of carbonyl (C=O) groups is 1. The first-order valence-electron chi connectivity index (χ1n) is 7.59. The van der Waals surface area contributed by atoms with Gasteiger partial charge in [-0.15, -0.1) is 0 Å². The first kappa shape index (κ1) is 15.0. The van der Waals surface area contributed by atoms with Crippen LogP contribution in [0.2, 0.25) is 0 Å². The van der Waals surface area contributed by atoms with Crippen LogP contribution in [0.3, 0.4) is 0 Å². The molecule has 1 aliphatic heterocycles. The van der Waals surface area contributed by atoms with Gasteiger partial charge in [0.2, 0.25) is 5.91 Å². The highest BCUT2D eigenvalue weighted by molar-refractivity contribution is 5.78. The van der Waals surface area contributed by atoms with Crippen molar-refractivity contribution in [3.8, 4) is 0 Å². The lowest BCUT2D eigenvalue weighted by Gasteiger charge is -2.30. The minimum atomic E-state index is 0.119. The summed E-state index contributed by atoms with van der Waals surface area (Å²) in [5.41, 5.74) is 2.63. The number of hydrogen-bond acceptors (Lipinski definition) is 2. The van der Waals surface area contributed by atoms with E-state index in [-0.39, 0.29) is 17.9 Å². The van der Waals surface area contributed by atoms with Gasteiger partial charge in [0.15, 0.2) is 0 Å². The molecular weight excluding hydrogens is 250 g/mol. The lowest BCUT2D eigenvalue weighted by atomic mass is 9.98. The molecule has 1 heterocycles. The van der Waals surface area contributed by atoms with Crippen molar-refractivity contribution >= 4 is 5.91 Å². The quantitative estimate of drug-likeness (QED) is 0.826. The van der Waals surface area contributed by atoms with Crippen LogP contribution in [0.25, 0.3) is 0 Å². The van der Waals surface area contributed by atoms with E-state index < -0.39 is 0 Å². The predicted octanol–water partition coefficient (Wildman–Crippen LogP) is 3.02. The molecule has 0 saturated heterocycles. The minimum Gasteiger partial charge on any atom is -0.371 e. The number of carbonyl (C=O) groups excluding carboxylic acids is 1. The van der Waals surface area contributed by atoms with Crippen molar-refractivity contribution in [2.24, 2.45) is 5.92 Å². The van der Waals surface area contributed by atoms with Crippen molar-refractivity contribution in [1.29, 1.82) is 0 Å². The van der Waals surface area contributed by atoms with E-state index in [0.29, 0.717) is 13.2 Å². The Labute approximate surface area is 121 Å². The molecule has 1 aliphatic rings. The molecule has 110 valence electrons. The number of hydrogen-bond donors (Lipinski definition) is 0. The van der Waals surface area contributed by atoms with Crippen molar-refractivity contribution in [3.05, 3.63) is 35.4 Å². The van der Waals surface area contributed by atoms with Crippen LogP contribution in [-0.2, 0) is 22.6 Å². The summed E-state index contributed by atoms with van der Waals surface area (Å²) in [5.74, 6) is 0.397. The van der Waals surface area contributed by atoms with Crippen LogP contribution in [0, 0.1) is 5.92 Å². The van der Waals surface area contributed by atoms with E-state index in [1.807, 2.05) is 18.0 Å². The fraction of sp³-hybridized carbons (Fsp3) is 0.588. The SMILES string of the molecule is CCC(CC)C(=O)N(C)CC1Cc2ccccc2CO1. The summed E-state index contributed by atoms with van der Waals surface area (Å²) >= 11 is 0. The first-order chi connectivity index (χ1) is 9.65. The van der Waals surface area contributed by atoms with Crippen LogP contribution in [0.4, 0.5) is 0 Å². The van der Waals surface area contributed by atoms with Crippen molar-refractivity contribution in [3.63, 3.8) is 0 Å². The molecule has 0 aromatic heterocycles. The molecule has 0 fully saturated rings. The Bertz CT molecular complexity index is 454. The highest BCUT2D eigenvalue weighted by atomic mass is 16.5. The Morgan fingerprint density at radius 2 is 1.95 bits per heavy atom. The molecule has 2 rings (SSSR count). The van der Waals surface area contributed by atoms with Crippen LogP contribution >= 0.6 is 0 Å². The van der Waals surface area contributed by atoms with Crippen LogP contribution in [0.15, 0.2) is 24.3 Å². The predicted molar refractivity (Wildman–Crippen MR) is 80.4 cm³/mol. The number of rotatable bonds is 5. The third-order valence-corrected chi connectivity index (χ3v) is 4.23. The molecule has 1 atom stereocenters. The van der Waals surface area contributed by atoms with Gasteiger partial charge in [0, 0.05) is 25.9 Å². The van der Waals surface area contributed by atoms with Gasteiger partial charge < -0.3 is 9.64 Å². The molecule has 3 heteroatoms. The average molecular weight is 275 g/mol. The summed E-state index contributed by atoms with van der Waals surface area (Å²) in [6.45, 7) is 5.50. The summed E-state index contributed by atoms with van der Waals surface area (Å²) < 4.78 is 5.88. The van der Waals surface area contributed by atoms with E-state index >= 15 is 0 Å². The van der Waals surface area contributed by atoms with E-state index in [2.05, 4.69) is 32.0 Å². The summed E-state index contributed by atoms with van der Waals surface area (Å²) in [6.07, 6.45) is 2.84. The summed E-state index contributed by atoms with van der Waals surface area (Å²) in [6, 6.07) is 8.39. The standard InChI is InChI=1S/C17H25NO2/c1-4-13(5-2)17(19)18(3)11-16-10-14-8-6-7-9-15(14)12-20-16/h6-9,13,16H,4-5,10-12H2,1-3H3. The molecule has 1 unspecified atom stereocenters. The molecule has 0 radical (unpaired) electrons. The van der Waals surface area contributed by atoms with Crippen LogP contribution < -0.4 is 0 Å². The van der Waals surface area contributed by atoms with E-state index in [0.717, 1.165) is 19.3 Å². The molecule has 1 aromatic rings. The van der Waals surface area contributed by atoms with Gasteiger partial charge in [-0.2, -0.15) is 0 Å². The maximum absolute atomic E-state index is 12.3. The molecule has 20 heavy (non-hydrogen) atoms. The normalized spacial score (nSPS) is 17.9. The number of likely N-dealkylation sites (N-methyl/N-ethyl adjacent to an activating group) is 1. The Balaban J connectivity index is 1.93. The van der Waals surface area contributed by atoms with E-state index in [1.54, 1.807) is 0 Å². The zero-order valence-electron chi connectivity index (χ0n) is 12.8. The van der Waals surface area contributed by atoms with Gasteiger partial charge in [0.25, 0.3) is 0 Å². The van der Waals surface area contributed by atoms with Crippen molar-refractivity contribution in [1.82, 2.24) is 4.90 Å². The maximum Gasteiger partial charge on any atom is 0.225 e. The number of benzene rings is 1. The van der Waals surface area contributed by atoms with Crippen molar-refractivity contribution < 1.29 is 9.53 Å². The molecular formula is C17H25NO2. The molecule has 3 nitrogen and oxygen atoms in total. The van der Waals surface area contributed by atoms with Gasteiger partial charge in [0.05, 0.1) is 12.7 Å². The van der Waals surface area contributed by atoms with Crippen molar-refractivity contribution in [2.75, 3.05) is 13.6 Å². The van der Waals surface area contributed by atoms with Gasteiger partial charge in [-0.05, 0) is 24.0 Å². The van der Waals surface area contributed by atoms with Crippen LogP contribution in [0.5, 0.6) is 0 Å². The smallest absolute Gasteiger partial charge is 0.225 e. The Kier molecular flexibility index (Phi) is 5.18. The van der Waals surface area contributed by atoms with Crippen LogP contribution in [0.1, 0.15) is 37.8 Å². The second-order valence-corrected chi connectivity index (χ2v) is 5.64. The third kappa shape index (κ3) is 3.40. The number of nitrogens with zero attached hydrogens (tertiary/aromatic N) is 1. The minimum absolute atomic E-state index is 0.119. The maximum atomic E-state index is 12.3. The van der Waals surface area contributed by atoms with Gasteiger partial charge in [0.1, 0.15) is 0 Å². The molecule has 0 spiro atoms. The Morgan fingerprint density at radius 3 is 2.60 bits per heavy atom. The summed E-state index contributed by atoms with van der Waals surface area (Å²) in [4.78, 5) is 14.1. The fourth-order valence-electron chi connectivity index (χ4n) is 2.87. The monoisotopic (exact) mass is 275 g/mol. The second kappa shape index (κ2) is 6.89. The Hall–Kier alpha value is -1.35. The van der Waals surface area contributed by atoms with Gasteiger partial charge in [-0.3, -0.25) is 4.79 Å². The lowest BCUT2D eigenvalue weighted by molar-refractivity contribution is -0.136. The highest BCUT2D eigenvalue weighted by Crippen LogP contribution is 2.21. The van der Waals surface area contributed by atoms with E-state index in [9.17, 15) is 4.79 Å². The molecule has 0 aliphatic carbocycles. The zero-order valence-corrected chi connectivity index (χ0v) is 12.8. The van der Waals surface area contributed by atoms with E-state index in [4.69, 9.17) is 4.74 Å². The molecule has 0 N–H and O–H groups in total. The van der Waals surface area contributed by atoms with Gasteiger partial charge >= 0.3 is 0 Å². The first-order valence-corrected chi connectivity index (χ1v) is 7.59. The fourth-order valence-corrected chi connectivity index (χ4v) is 2.87. The zero-order chi connectivity index (χ0) is 14.5. The summed E-state index contributed by atoms with van der Waals surface area (Å²) in [5, 5.41) is 0. The van der Waals surface area contributed by atoms with Crippen LogP contribution in [-0.4, -0.2) is 30.5 Å². The number of ether oxygens (including phenoxy) is 1.